The van der Waals surface area contributed by atoms with E-state index in [9.17, 15) is 4.39 Å². The molecule has 1 unspecified atom stereocenters. The quantitative estimate of drug-likeness (QED) is 0.928. The summed E-state index contributed by atoms with van der Waals surface area (Å²) < 4.78 is 14.4. The van der Waals surface area contributed by atoms with Crippen LogP contribution < -0.4 is 5.73 Å². The summed E-state index contributed by atoms with van der Waals surface area (Å²) >= 11 is 9.23. The van der Waals surface area contributed by atoms with Gasteiger partial charge in [0.15, 0.2) is 0 Å². The molecule has 1 aromatic heterocycles. The molecule has 0 fully saturated rings. The van der Waals surface area contributed by atoms with Gasteiger partial charge in [0.25, 0.3) is 0 Å². The Hall–Kier alpha value is -0.970. The number of nitrogens with two attached hydrogens (primary N) is 1. The minimum Gasteiger partial charge on any atom is -0.322 e. The van der Waals surface area contributed by atoms with Crippen LogP contribution >= 0.6 is 27.5 Å². The molecule has 2 rings (SSSR count). The van der Waals surface area contributed by atoms with E-state index in [-0.39, 0.29) is 11.9 Å². The van der Waals surface area contributed by atoms with Crippen LogP contribution in [0.2, 0.25) is 5.02 Å². The highest BCUT2D eigenvalue weighted by molar-refractivity contribution is 9.10. The van der Waals surface area contributed by atoms with Crippen LogP contribution in [0.1, 0.15) is 17.3 Å². The molecule has 0 saturated carbocycles. The molecule has 0 aliphatic rings. The van der Waals surface area contributed by atoms with E-state index in [0.29, 0.717) is 22.7 Å². The number of pyridine rings is 1. The summed E-state index contributed by atoms with van der Waals surface area (Å²) in [7, 11) is 0. The van der Waals surface area contributed by atoms with Crippen LogP contribution in [0.4, 0.5) is 4.39 Å². The summed E-state index contributed by atoms with van der Waals surface area (Å²) in [4.78, 5) is 4.20. The molecular weight excluding hydrogens is 319 g/mol. The summed E-state index contributed by atoms with van der Waals surface area (Å²) in [6, 6.07) is 7.73. The van der Waals surface area contributed by atoms with Crippen LogP contribution in [0.5, 0.6) is 0 Å². The molecule has 94 valence electrons. The third kappa shape index (κ3) is 3.07. The predicted molar refractivity (Wildman–Crippen MR) is 74.0 cm³/mol. The van der Waals surface area contributed by atoms with E-state index < -0.39 is 0 Å². The molecule has 0 amide bonds. The third-order valence-corrected chi connectivity index (χ3v) is 3.49. The molecule has 2 nitrogen and oxygen atoms in total. The second-order valence-corrected chi connectivity index (χ2v) is 5.21. The molecule has 0 radical (unpaired) electrons. The number of halogens is 3. The third-order valence-electron chi connectivity index (χ3n) is 2.59. The Labute approximate surface area is 118 Å². The molecular formula is C13H11BrClFN2. The van der Waals surface area contributed by atoms with Crippen LogP contribution in [0.25, 0.3) is 0 Å². The van der Waals surface area contributed by atoms with E-state index >= 15 is 0 Å². The SMILES string of the molecule is NC(Cc1cc(Cl)ccc1F)c1ncccc1Br. The number of rotatable bonds is 3. The van der Waals surface area contributed by atoms with E-state index in [0.717, 1.165) is 4.47 Å². The average molecular weight is 330 g/mol. The highest BCUT2D eigenvalue weighted by atomic mass is 79.9. The lowest BCUT2D eigenvalue weighted by atomic mass is 10.0. The zero-order chi connectivity index (χ0) is 13.1. The summed E-state index contributed by atoms with van der Waals surface area (Å²) in [6.45, 7) is 0. The Balaban J connectivity index is 2.24. The molecule has 1 aromatic carbocycles. The van der Waals surface area contributed by atoms with Crippen molar-refractivity contribution in [2.75, 3.05) is 0 Å². The van der Waals surface area contributed by atoms with Crippen molar-refractivity contribution >= 4 is 27.5 Å². The van der Waals surface area contributed by atoms with Gasteiger partial charge in [-0.25, -0.2) is 4.39 Å². The first-order valence-electron chi connectivity index (χ1n) is 5.38. The van der Waals surface area contributed by atoms with Gasteiger partial charge in [-0.05, 0) is 58.2 Å². The fourth-order valence-corrected chi connectivity index (χ4v) is 2.45. The van der Waals surface area contributed by atoms with Gasteiger partial charge in [-0.15, -0.1) is 0 Å². The van der Waals surface area contributed by atoms with Gasteiger partial charge in [0.1, 0.15) is 5.82 Å². The standard InChI is InChI=1S/C13H11BrClFN2/c14-10-2-1-5-18-13(10)12(17)7-8-6-9(15)3-4-11(8)16/h1-6,12H,7,17H2. The van der Waals surface area contributed by atoms with Crippen LogP contribution in [0.15, 0.2) is 41.0 Å². The Kier molecular flexibility index (Phi) is 4.32. The van der Waals surface area contributed by atoms with E-state index in [2.05, 4.69) is 20.9 Å². The van der Waals surface area contributed by atoms with Crippen molar-refractivity contribution in [1.29, 1.82) is 0 Å². The molecule has 2 N–H and O–H groups in total. The van der Waals surface area contributed by atoms with E-state index in [4.69, 9.17) is 17.3 Å². The monoisotopic (exact) mass is 328 g/mol. The summed E-state index contributed by atoms with van der Waals surface area (Å²) in [6.07, 6.45) is 2.01. The molecule has 0 bridgehead atoms. The van der Waals surface area contributed by atoms with E-state index in [1.807, 2.05) is 6.07 Å². The topological polar surface area (TPSA) is 38.9 Å². The Bertz CT molecular complexity index is 562. The van der Waals surface area contributed by atoms with Gasteiger partial charge in [0.05, 0.1) is 11.7 Å². The maximum atomic E-state index is 13.6. The van der Waals surface area contributed by atoms with Gasteiger partial charge in [0, 0.05) is 15.7 Å². The molecule has 0 aliphatic heterocycles. The minimum absolute atomic E-state index is 0.304. The Morgan fingerprint density at radius 3 is 2.89 bits per heavy atom. The van der Waals surface area contributed by atoms with E-state index in [1.54, 1.807) is 18.3 Å². The fourth-order valence-electron chi connectivity index (χ4n) is 1.70. The summed E-state index contributed by atoms with van der Waals surface area (Å²) in [5.41, 5.74) is 7.24. The van der Waals surface area contributed by atoms with Crippen LogP contribution in [-0.4, -0.2) is 4.98 Å². The van der Waals surface area contributed by atoms with Crippen molar-refractivity contribution in [3.05, 3.63) is 63.1 Å². The predicted octanol–water partition coefficient (Wildman–Crippen LogP) is 3.88. The largest absolute Gasteiger partial charge is 0.322 e. The molecule has 18 heavy (non-hydrogen) atoms. The molecule has 0 saturated heterocycles. The lowest BCUT2D eigenvalue weighted by Crippen LogP contribution is -2.16. The van der Waals surface area contributed by atoms with Crippen molar-refractivity contribution < 1.29 is 4.39 Å². The molecule has 1 heterocycles. The van der Waals surface area contributed by atoms with Crippen molar-refractivity contribution in [3.8, 4) is 0 Å². The first-order valence-corrected chi connectivity index (χ1v) is 6.55. The number of aromatic nitrogens is 1. The lowest BCUT2D eigenvalue weighted by Gasteiger charge is -2.13. The van der Waals surface area contributed by atoms with Gasteiger partial charge >= 0.3 is 0 Å². The van der Waals surface area contributed by atoms with Gasteiger partial charge < -0.3 is 5.73 Å². The molecule has 1 atom stereocenters. The highest BCUT2D eigenvalue weighted by Crippen LogP contribution is 2.24. The Morgan fingerprint density at radius 1 is 1.39 bits per heavy atom. The second kappa shape index (κ2) is 5.78. The zero-order valence-electron chi connectivity index (χ0n) is 9.41. The number of hydrogen-bond acceptors (Lipinski definition) is 2. The van der Waals surface area contributed by atoms with Gasteiger partial charge in [-0.1, -0.05) is 11.6 Å². The minimum atomic E-state index is -0.381. The first kappa shape index (κ1) is 13.5. The van der Waals surface area contributed by atoms with Crippen molar-refractivity contribution in [2.24, 2.45) is 5.73 Å². The number of benzene rings is 1. The number of hydrogen-bond donors (Lipinski definition) is 1. The van der Waals surface area contributed by atoms with Gasteiger partial charge in [0.2, 0.25) is 0 Å². The van der Waals surface area contributed by atoms with Crippen molar-refractivity contribution in [3.63, 3.8) is 0 Å². The van der Waals surface area contributed by atoms with Crippen molar-refractivity contribution in [1.82, 2.24) is 4.98 Å². The van der Waals surface area contributed by atoms with Gasteiger partial charge in [-0.2, -0.15) is 0 Å². The highest BCUT2D eigenvalue weighted by Gasteiger charge is 2.14. The normalized spacial score (nSPS) is 12.4. The Morgan fingerprint density at radius 2 is 2.17 bits per heavy atom. The van der Waals surface area contributed by atoms with E-state index in [1.165, 1.54) is 12.1 Å². The fraction of sp³-hybridized carbons (Fsp3) is 0.154. The van der Waals surface area contributed by atoms with Crippen LogP contribution in [0.3, 0.4) is 0 Å². The van der Waals surface area contributed by atoms with Crippen LogP contribution in [0, 0.1) is 5.82 Å². The molecule has 0 spiro atoms. The number of nitrogens with zero attached hydrogens (tertiary/aromatic N) is 1. The second-order valence-electron chi connectivity index (χ2n) is 3.92. The molecule has 2 aromatic rings. The summed E-state index contributed by atoms with van der Waals surface area (Å²) in [5.74, 6) is -0.304. The van der Waals surface area contributed by atoms with Crippen molar-refractivity contribution in [2.45, 2.75) is 12.5 Å². The lowest BCUT2D eigenvalue weighted by molar-refractivity contribution is 0.589. The average Bonchev–Trinajstić information content (AvgIpc) is 2.34. The molecule has 5 heteroatoms. The first-order chi connectivity index (χ1) is 8.58. The molecule has 0 aliphatic carbocycles. The van der Waals surface area contributed by atoms with Gasteiger partial charge in [-0.3, -0.25) is 4.98 Å². The zero-order valence-corrected chi connectivity index (χ0v) is 11.7. The van der Waals surface area contributed by atoms with Crippen LogP contribution in [-0.2, 0) is 6.42 Å². The smallest absolute Gasteiger partial charge is 0.126 e. The summed E-state index contributed by atoms with van der Waals surface area (Å²) in [5, 5.41) is 0.499. The maximum absolute atomic E-state index is 13.6. The maximum Gasteiger partial charge on any atom is 0.126 e.